The Bertz CT molecular complexity index is 867. The second-order valence-electron chi connectivity index (χ2n) is 5.88. The first kappa shape index (κ1) is 21.9. The van der Waals surface area contributed by atoms with E-state index in [-0.39, 0.29) is 0 Å². The normalized spacial score (nSPS) is 10.9. The largest absolute Gasteiger partial charge is 0.496 e. The van der Waals surface area contributed by atoms with Crippen LogP contribution in [0, 0.1) is 0 Å². The van der Waals surface area contributed by atoms with Gasteiger partial charge in [0.2, 0.25) is 0 Å². The van der Waals surface area contributed by atoms with Gasteiger partial charge in [-0.05, 0) is 36.8 Å². The number of nitrogens with one attached hydrogen (secondary N) is 2. The Morgan fingerprint density at radius 2 is 1.72 bits per heavy atom. The number of carbonyl (C=O) groups is 1. The van der Waals surface area contributed by atoms with E-state index in [4.69, 9.17) is 18.9 Å². The molecule has 0 aromatic heterocycles. The van der Waals surface area contributed by atoms with Crippen molar-refractivity contribution in [2.45, 2.75) is 13.5 Å². The highest BCUT2D eigenvalue weighted by Crippen LogP contribution is 2.30. The van der Waals surface area contributed by atoms with Gasteiger partial charge in [0, 0.05) is 25.3 Å². The molecule has 0 saturated heterocycles. The number of aliphatic imine (C=N–C) groups is 1. The molecule has 0 amide bonds. The van der Waals surface area contributed by atoms with E-state index in [9.17, 15) is 4.79 Å². The number of hydrogen-bond donors (Lipinski definition) is 2. The maximum atomic E-state index is 11.9. The summed E-state index contributed by atoms with van der Waals surface area (Å²) in [6.45, 7) is 2.92. The van der Waals surface area contributed by atoms with Gasteiger partial charge in [-0.25, -0.2) is 4.79 Å². The lowest BCUT2D eigenvalue weighted by molar-refractivity contribution is 0.0597. The zero-order valence-corrected chi connectivity index (χ0v) is 17.4. The predicted molar refractivity (Wildman–Crippen MR) is 112 cm³/mol. The van der Waals surface area contributed by atoms with Crippen molar-refractivity contribution in [2.75, 3.05) is 40.3 Å². The van der Waals surface area contributed by atoms with Crippen LogP contribution in [0.2, 0.25) is 0 Å². The molecule has 0 fully saturated rings. The molecular formula is C21H27N3O5. The van der Waals surface area contributed by atoms with E-state index in [0.29, 0.717) is 41.9 Å². The van der Waals surface area contributed by atoms with Crippen LogP contribution < -0.4 is 24.8 Å². The lowest BCUT2D eigenvalue weighted by atomic mass is 10.1. The topological polar surface area (TPSA) is 90.4 Å². The van der Waals surface area contributed by atoms with E-state index in [1.807, 2.05) is 31.2 Å². The highest BCUT2D eigenvalue weighted by molar-refractivity contribution is 5.94. The summed E-state index contributed by atoms with van der Waals surface area (Å²) in [7, 11) is 6.12. The number of methoxy groups -OCH3 is 3. The summed E-state index contributed by atoms with van der Waals surface area (Å²) in [4.78, 5) is 16.2. The number of nitrogens with zero attached hydrogens (tertiary/aromatic N) is 1. The van der Waals surface area contributed by atoms with E-state index in [1.165, 1.54) is 14.2 Å². The Hall–Kier alpha value is -3.42. The molecule has 8 nitrogen and oxygen atoms in total. The molecule has 0 spiro atoms. The average Bonchev–Trinajstić information content (AvgIpc) is 2.76. The first-order chi connectivity index (χ1) is 14.1. The predicted octanol–water partition coefficient (Wildman–Crippen LogP) is 3.08. The SMILES string of the molecule is CCOc1ccc(NC(=NC)NCc2ccc(OC)c(C(=O)OC)c2)cc1OC. The van der Waals surface area contributed by atoms with Gasteiger partial charge >= 0.3 is 5.97 Å². The Labute approximate surface area is 170 Å². The van der Waals surface area contributed by atoms with Crippen molar-refractivity contribution in [2.24, 2.45) is 4.99 Å². The van der Waals surface area contributed by atoms with Crippen LogP contribution in [0.25, 0.3) is 0 Å². The van der Waals surface area contributed by atoms with Crippen molar-refractivity contribution in [1.29, 1.82) is 0 Å². The third-order valence-electron chi connectivity index (χ3n) is 4.08. The number of hydrogen-bond acceptors (Lipinski definition) is 6. The number of benzene rings is 2. The Balaban J connectivity index is 2.09. The van der Waals surface area contributed by atoms with Crippen molar-refractivity contribution < 1.29 is 23.7 Å². The summed E-state index contributed by atoms with van der Waals surface area (Å²) >= 11 is 0. The van der Waals surface area contributed by atoms with Crippen LogP contribution in [0.1, 0.15) is 22.8 Å². The quantitative estimate of drug-likeness (QED) is 0.399. The van der Waals surface area contributed by atoms with Crippen LogP contribution in [0.15, 0.2) is 41.4 Å². The van der Waals surface area contributed by atoms with E-state index >= 15 is 0 Å². The van der Waals surface area contributed by atoms with Crippen molar-refractivity contribution in [3.63, 3.8) is 0 Å². The van der Waals surface area contributed by atoms with Crippen LogP contribution in [0.4, 0.5) is 5.69 Å². The molecule has 2 aromatic rings. The number of esters is 1. The maximum Gasteiger partial charge on any atom is 0.341 e. The van der Waals surface area contributed by atoms with Crippen molar-refractivity contribution in [3.8, 4) is 17.2 Å². The van der Waals surface area contributed by atoms with Crippen LogP contribution in [-0.4, -0.2) is 46.9 Å². The summed E-state index contributed by atoms with van der Waals surface area (Å²) in [6, 6.07) is 10.9. The number of anilines is 1. The molecule has 156 valence electrons. The Morgan fingerprint density at radius 3 is 2.34 bits per heavy atom. The van der Waals surface area contributed by atoms with Gasteiger partial charge in [0.1, 0.15) is 11.3 Å². The van der Waals surface area contributed by atoms with E-state index in [0.717, 1.165) is 11.3 Å². The number of guanidine groups is 1. The molecule has 0 heterocycles. The van der Waals surface area contributed by atoms with Crippen molar-refractivity contribution in [1.82, 2.24) is 5.32 Å². The molecule has 0 aliphatic carbocycles. The monoisotopic (exact) mass is 401 g/mol. The molecule has 0 atom stereocenters. The number of rotatable bonds is 8. The van der Waals surface area contributed by atoms with E-state index < -0.39 is 5.97 Å². The molecule has 29 heavy (non-hydrogen) atoms. The number of ether oxygens (including phenoxy) is 4. The minimum absolute atomic E-state index is 0.369. The van der Waals surface area contributed by atoms with Gasteiger partial charge in [0.05, 0.1) is 27.9 Å². The van der Waals surface area contributed by atoms with Gasteiger partial charge in [-0.3, -0.25) is 4.99 Å². The summed E-state index contributed by atoms with van der Waals surface area (Å²) < 4.78 is 20.9. The van der Waals surface area contributed by atoms with Gasteiger partial charge in [-0.1, -0.05) is 6.07 Å². The third kappa shape index (κ3) is 5.78. The minimum Gasteiger partial charge on any atom is -0.496 e. The lowest BCUT2D eigenvalue weighted by Crippen LogP contribution is -2.30. The molecule has 0 aliphatic rings. The second kappa shape index (κ2) is 10.8. The fraction of sp³-hybridized carbons (Fsp3) is 0.333. The van der Waals surface area contributed by atoms with E-state index in [1.54, 1.807) is 26.3 Å². The minimum atomic E-state index is -0.451. The summed E-state index contributed by atoms with van der Waals surface area (Å²) in [5, 5.41) is 6.41. The second-order valence-corrected chi connectivity index (χ2v) is 5.88. The Kier molecular flexibility index (Phi) is 8.14. The van der Waals surface area contributed by atoms with Gasteiger partial charge in [-0.15, -0.1) is 0 Å². The fourth-order valence-electron chi connectivity index (χ4n) is 2.66. The highest BCUT2D eigenvalue weighted by Gasteiger charge is 2.14. The van der Waals surface area contributed by atoms with Crippen LogP contribution in [-0.2, 0) is 11.3 Å². The summed E-state index contributed by atoms with van der Waals surface area (Å²) in [5.41, 5.74) is 2.04. The van der Waals surface area contributed by atoms with Gasteiger partial charge in [0.25, 0.3) is 0 Å². The zero-order chi connectivity index (χ0) is 21.2. The Morgan fingerprint density at radius 1 is 1.00 bits per heavy atom. The third-order valence-corrected chi connectivity index (χ3v) is 4.08. The van der Waals surface area contributed by atoms with Crippen LogP contribution in [0.3, 0.4) is 0 Å². The van der Waals surface area contributed by atoms with Gasteiger partial charge in [-0.2, -0.15) is 0 Å². The van der Waals surface area contributed by atoms with E-state index in [2.05, 4.69) is 15.6 Å². The molecule has 8 heteroatoms. The summed E-state index contributed by atoms with van der Waals surface area (Å²) in [6.07, 6.45) is 0. The molecule has 2 N–H and O–H groups in total. The molecule has 0 saturated carbocycles. The fourth-order valence-corrected chi connectivity index (χ4v) is 2.66. The molecule has 0 aliphatic heterocycles. The molecule has 0 unspecified atom stereocenters. The average molecular weight is 401 g/mol. The molecular weight excluding hydrogens is 374 g/mol. The molecule has 2 aromatic carbocycles. The molecule has 2 rings (SSSR count). The summed E-state index contributed by atoms with van der Waals surface area (Å²) in [5.74, 6) is 1.88. The standard InChI is InChI=1S/C21H27N3O5/c1-6-29-18-10-8-15(12-19(18)27-4)24-21(22-2)23-13-14-7-9-17(26-3)16(11-14)20(25)28-5/h7-12H,6,13H2,1-5H3,(H2,22,23,24). The van der Waals surface area contributed by atoms with Crippen molar-refractivity contribution >= 4 is 17.6 Å². The highest BCUT2D eigenvalue weighted by atomic mass is 16.5. The zero-order valence-electron chi connectivity index (χ0n) is 17.4. The van der Waals surface area contributed by atoms with Crippen LogP contribution >= 0.6 is 0 Å². The number of carbonyl (C=O) groups excluding carboxylic acids is 1. The smallest absolute Gasteiger partial charge is 0.341 e. The van der Waals surface area contributed by atoms with Crippen molar-refractivity contribution in [3.05, 3.63) is 47.5 Å². The molecule has 0 bridgehead atoms. The van der Waals surface area contributed by atoms with Crippen LogP contribution in [0.5, 0.6) is 17.2 Å². The molecule has 0 radical (unpaired) electrons. The first-order valence-electron chi connectivity index (χ1n) is 9.10. The lowest BCUT2D eigenvalue weighted by Gasteiger charge is -2.15. The van der Waals surface area contributed by atoms with Gasteiger partial charge < -0.3 is 29.6 Å². The first-order valence-corrected chi connectivity index (χ1v) is 9.10. The maximum absolute atomic E-state index is 11.9. The van der Waals surface area contributed by atoms with Gasteiger partial charge in [0.15, 0.2) is 17.5 Å².